The predicted molar refractivity (Wildman–Crippen MR) is 107 cm³/mol. The Balaban J connectivity index is 1.84. The maximum absolute atomic E-state index is 12.2. The molecule has 0 unspecified atom stereocenters. The van der Waals surface area contributed by atoms with Crippen molar-refractivity contribution in [2.45, 2.75) is 6.92 Å². The van der Waals surface area contributed by atoms with Gasteiger partial charge in [0.25, 0.3) is 5.91 Å². The van der Waals surface area contributed by atoms with E-state index in [0.29, 0.717) is 38.2 Å². The molecule has 2 aromatic carbocycles. The normalized spacial score (nSPS) is 17.0. The summed E-state index contributed by atoms with van der Waals surface area (Å²) < 4.78 is 5.36. The van der Waals surface area contributed by atoms with E-state index in [9.17, 15) is 9.90 Å². The van der Waals surface area contributed by atoms with E-state index in [2.05, 4.69) is 10.3 Å². The zero-order chi connectivity index (χ0) is 18.7. The monoisotopic (exact) mass is 408 g/mol. The molecule has 8 heteroatoms. The SMILES string of the molecule is CCOc1cc(/C=C2/SC(=Nc3ccc(Cl)cc3Cl)NC2=O)ccc1O. The van der Waals surface area contributed by atoms with E-state index >= 15 is 0 Å². The molecular formula is C18H14Cl2N2O3S. The smallest absolute Gasteiger partial charge is 0.264 e. The van der Waals surface area contributed by atoms with Gasteiger partial charge < -0.3 is 15.2 Å². The summed E-state index contributed by atoms with van der Waals surface area (Å²) in [6.45, 7) is 2.26. The molecule has 0 radical (unpaired) electrons. The zero-order valence-corrected chi connectivity index (χ0v) is 16.0. The van der Waals surface area contributed by atoms with Gasteiger partial charge in [0.05, 0.1) is 22.2 Å². The maximum Gasteiger partial charge on any atom is 0.264 e. The Morgan fingerprint density at radius 1 is 1.27 bits per heavy atom. The Hall–Kier alpha value is -2.15. The van der Waals surface area contributed by atoms with Crippen LogP contribution in [0.3, 0.4) is 0 Å². The molecule has 0 bridgehead atoms. The van der Waals surface area contributed by atoms with Gasteiger partial charge >= 0.3 is 0 Å². The van der Waals surface area contributed by atoms with Crippen molar-refractivity contribution in [1.82, 2.24) is 5.32 Å². The number of carbonyl (C=O) groups excluding carboxylic acids is 1. The number of rotatable bonds is 4. The van der Waals surface area contributed by atoms with E-state index in [4.69, 9.17) is 27.9 Å². The van der Waals surface area contributed by atoms with Crippen LogP contribution >= 0.6 is 35.0 Å². The van der Waals surface area contributed by atoms with Crippen LogP contribution in [0, 0.1) is 0 Å². The first-order chi connectivity index (χ1) is 12.5. The minimum atomic E-state index is -0.259. The average molecular weight is 409 g/mol. The fraction of sp³-hybridized carbons (Fsp3) is 0.111. The zero-order valence-electron chi connectivity index (χ0n) is 13.6. The topological polar surface area (TPSA) is 70.9 Å². The second-order valence-corrected chi connectivity index (χ2v) is 7.11. The predicted octanol–water partition coefficient (Wildman–Crippen LogP) is 4.99. The number of thioether (sulfide) groups is 1. The Kier molecular flexibility index (Phi) is 5.76. The lowest BCUT2D eigenvalue weighted by atomic mass is 10.2. The molecule has 26 heavy (non-hydrogen) atoms. The van der Waals surface area contributed by atoms with Crippen LogP contribution in [0.4, 0.5) is 5.69 Å². The van der Waals surface area contributed by atoms with Crippen LogP contribution in [0.1, 0.15) is 12.5 Å². The van der Waals surface area contributed by atoms with Crippen molar-refractivity contribution >= 4 is 57.8 Å². The summed E-state index contributed by atoms with van der Waals surface area (Å²) in [7, 11) is 0. The number of aliphatic imine (C=N–C) groups is 1. The van der Waals surface area contributed by atoms with Gasteiger partial charge in [0.1, 0.15) is 0 Å². The molecule has 0 aliphatic carbocycles. The average Bonchev–Trinajstić information content (AvgIpc) is 2.93. The second kappa shape index (κ2) is 8.03. The number of benzene rings is 2. The lowest BCUT2D eigenvalue weighted by molar-refractivity contribution is -0.115. The van der Waals surface area contributed by atoms with E-state index < -0.39 is 0 Å². The van der Waals surface area contributed by atoms with Crippen LogP contribution in [0.5, 0.6) is 11.5 Å². The molecule has 5 nitrogen and oxygen atoms in total. The molecular weight excluding hydrogens is 395 g/mol. The van der Waals surface area contributed by atoms with Crippen molar-refractivity contribution in [3.63, 3.8) is 0 Å². The molecule has 1 saturated heterocycles. The molecule has 1 aliphatic rings. The molecule has 1 heterocycles. The third kappa shape index (κ3) is 4.33. The largest absolute Gasteiger partial charge is 0.504 e. The lowest BCUT2D eigenvalue weighted by Crippen LogP contribution is -2.19. The Morgan fingerprint density at radius 2 is 2.08 bits per heavy atom. The number of aromatic hydroxyl groups is 1. The van der Waals surface area contributed by atoms with Crippen molar-refractivity contribution in [1.29, 1.82) is 0 Å². The number of amidine groups is 1. The van der Waals surface area contributed by atoms with E-state index in [1.54, 1.807) is 36.4 Å². The number of nitrogens with zero attached hydrogens (tertiary/aromatic N) is 1. The summed E-state index contributed by atoms with van der Waals surface area (Å²) in [5.41, 5.74) is 1.25. The van der Waals surface area contributed by atoms with Crippen LogP contribution in [-0.2, 0) is 4.79 Å². The van der Waals surface area contributed by atoms with Gasteiger partial charge in [-0.3, -0.25) is 4.79 Å². The highest BCUT2D eigenvalue weighted by molar-refractivity contribution is 8.18. The molecule has 2 aromatic rings. The molecule has 0 atom stereocenters. The third-order valence-corrected chi connectivity index (χ3v) is 4.81. The van der Waals surface area contributed by atoms with Gasteiger partial charge in [-0.15, -0.1) is 0 Å². The molecule has 0 saturated carbocycles. The summed E-state index contributed by atoms with van der Waals surface area (Å²) in [6, 6.07) is 9.84. The number of halogens is 2. The van der Waals surface area contributed by atoms with Gasteiger partial charge in [-0.1, -0.05) is 29.3 Å². The number of hydrogen-bond donors (Lipinski definition) is 2. The van der Waals surface area contributed by atoms with Gasteiger partial charge in [0.2, 0.25) is 0 Å². The Morgan fingerprint density at radius 3 is 2.81 bits per heavy atom. The van der Waals surface area contributed by atoms with Gasteiger partial charge in [-0.2, -0.15) is 0 Å². The van der Waals surface area contributed by atoms with Crippen LogP contribution in [-0.4, -0.2) is 22.8 Å². The van der Waals surface area contributed by atoms with E-state index in [-0.39, 0.29) is 11.7 Å². The number of carbonyl (C=O) groups is 1. The van der Waals surface area contributed by atoms with Crippen molar-refractivity contribution in [2.75, 3.05) is 6.61 Å². The highest BCUT2D eigenvalue weighted by Gasteiger charge is 2.24. The van der Waals surface area contributed by atoms with Crippen molar-refractivity contribution in [2.24, 2.45) is 4.99 Å². The van der Waals surface area contributed by atoms with Crippen molar-refractivity contribution < 1.29 is 14.6 Å². The molecule has 1 aliphatic heterocycles. The van der Waals surface area contributed by atoms with Crippen LogP contribution < -0.4 is 10.1 Å². The maximum atomic E-state index is 12.2. The summed E-state index contributed by atoms with van der Waals surface area (Å²) in [4.78, 5) is 17.0. The summed E-state index contributed by atoms with van der Waals surface area (Å²) in [6.07, 6.45) is 1.70. The third-order valence-electron chi connectivity index (χ3n) is 3.36. The fourth-order valence-electron chi connectivity index (χ4n) is 2.20. The first kappa shape index (κ1) is 18.6. The number of hydrogen-bond acceptors (Lipinski definition) is 5. The molecule has 0 spiro atoms. The molecule has 0 aromatic heterocycles. The molecule has 3 rings (SSSR count). The second-order valence-electron chi connectivity index (χ2n) is 5.24. The van der Waals surface area contributed by atoms with Gasteiger partial charge in [-0.05, 0) is 60.7 Å². The van der Waals surface area contributed by atoms with E-state index in [0.717, 1.165) is 5.56 Å². The first-order valence-electron chi connectivity index (χ1n) is 7.66. The van der Waals surface area contributed by atoms with E-state index in [1.807, 2.05) is 6.92 Å². The van der Waals surface area contributed by atoms with Crippen LogP contribution in [0.2, 0.25) is 10.0 Å². The van der Waals surface area contributed by atoms with Gasteiger partial charge in [0, 0.05) is 5.02 Å². The Labute approximate surface area is 164 Å². The van der Waals surface area contributed by atoms with E-state index in [1.165, 1.54) is 17.8 Å². The number of nitrogens with one attached hydrogen (secondary N) is 1. The minimum Gasteiger partial charge on any atom is -0.504 e. The number of phenolic OH excluding ortho intramolecular Hbond substituents is 1. The molecule has 1 fully saturated rings. The van der Waals surface area contributed by atoms with Crippen molar-refractivity contribution in [3.05, 3.63) is 56.9 Å². The minimum absolute atomic E-state index is 0.0529. The highest BCUT2D eigenvalue weighted by Crippen LogP contribution is 2.33. The molecule has 1 amide bonds. The van der Waals surface area contributed by atoms with Crippen molar-refractivity contribution in [3.8, 4) is 11.5 Å². The summed E-state index contributed by atoms with van der Waals surface area (Å²) in [5, 5.41) is 13.8. The summed E-state index contributed by atoms with van der Waals surface area (Å²) in [5.74, 6) is 0.161. The number of ether oxygens (including phenoxy) is 1. The quantitative estimate of drug-likeness (QED) is 0.698. The summed E-state index contributed by atoms with van der Waals surface area (Å²) >= 11 is 13.2. The van der Waals surface area contributed by atoms with Gasteiger partial charge in [0.15, 0.2) is 16.7 Å². The number of phenols is 1. The Bertz CT molecular complexity index is 929. The molecule has 2 N–H and O–H groups in total. The molecule has 134 valence electrons. The number of amides is 1. The van der Waals surface area contributed by atoms with Gasteiger partial charge in [-0.25, -0.2) is 4.99 Å². The highest BCUT2D eigenvalue weighted by atomic mass is 35.5. The van der Waals surface area contributed by atoms with Crippen LogP contribution in [0.15, 0.2) is 46.3 Å². The standard InChI is InChI=1S/C18H14Cl2N2O3S/c1-2-25-15-7-10(3-6-14(15)23)8-16-17(24)22-18(26-16)21-13-5-4-11(19)9-12(13)20/h3-9,23H,2H2,1H3,(H,21,22,24)/b16-8+. The lowest BCUT2D eigenvalue weighted by Gasteiger charge is -2.06. The first-order valence-corrected chi connectivity index (χ1v) is 9.24. The fourth-order valence-corrected chi connectivity index (χ4v) is 3.49. The van der Waals surface area contributed by atoms with Crippen LogP contribution in [0.25, 0.3) is 6.08 Å².